The lowest BCUT2D eigenvalue weighted by Gasteiger charge is -2.27. The van der Waals surface area contributed by atoms with Crippen LogP contribution in [0.4, 0.5) is 0 Å². The predicted molar refractivity (Wildman–Crippen MR) is 63.2 cm³/mol. The minimum Gasteiger partial charge on any atom is -0.492 e. The maximum absolute atomic E-state index is 11.8. The molecule has 0 aliphatic carbocycles. The fourth-order valence-electron chi connectivity index (χ4n) is 1.90. The minimum absolute atomic E-state index is 0.135. The van der Waals surface area contributed by atoms with Crippen LogP contribution in [0.15, 0.2) is 36.1 Å². The van der Waals surface area contributed by atoms with Crippen molar-refractivity contribution in [3.8, 4) is 0 Å². The highest BCUT2D eigenvalue weighted by atomic mass is 35.5. The molecule has 0 saturated carbocycles. The van der Waals surface area contributed by atoms with Crippen LogP contribution in [0.3, 0.4) is 0 Å². The van der Waals surface area contributed by atoms with Crippen molar-refractivity contribution in [2.24, 2.45) is 5.92 Å². The molecule has 0 spiro atoms. The van der Waals surface area contributed by atoms with Crippen molar-refractivity contribution in [3.63, 3.8) is 0 Å². The molecule has 0 radical (unpaired) electrons. The Hall–Kier alpha value is -1.28. The summed E-state index contributed by atoms with van der Waals surface area (Å²) in [5.74, 6) is -0.0281. The number of benzene rings is 1. The number of rotatable bonds is 1. The van der Waals surface area contributed by atoms with Gasteiger partial charge in [0.1, 0.15) is 6.10 Å². The average Bonchev–Trinajstić information content (AvgIpc) is 2.26. The molecule has 0 saturated heterocycles. The van der Waals surface area contributed by atoms with Gasteiger partial charge in [0.05, 0.1) is 12.2 Å². The first-order chi connectivity index (χ1) is 7.59. The van der Waals surface area contributed by atoms with E-state index in [2.05, 4.69) is 0 Å². The summed E-state index contributed by atoms with van der Waals surface area (Å²) in [6.07, 6.45) is 1.31. The number of carbonyl (C=O) groups excluding carboxylic acids is 1. The van der Waals surface area contributed by atoms with Crippen LogP contribution in [0.2, 0.25) is 5.02 Å². The number of ketones is 1. The topological polar surface area (TPSA) is 26.3 Å². The molecular formula is C13H13ClO2. The summed E-state index contributed by atoms with van der Waals surface area (Å²) in [7, 11) is 0. The number of halogens is 1. The quantitative estimate of drug-likeness (QED) is 0.746. The van der Waals surface area contributed by atoms with Crippen LogP contribution < -0.4 is 0 Å². The van der Waals surface area contributed by atoms with Gasteiger partial charge in [0.15, 0.2) is 5.78 Å². The lowest BCUT2D eigenvalue weighted by Crippen LogP contribution is -2.25. The van der Waals surface area contributed by atoms with Gasteiger partial charge in [-0.05, 0) is 24.6 Å². The second-order valence-corrected chi connectivity index (χ2v) is 4.50. The fraction of sp³-hybridized carbons (Fsp3) is 0.308. The predicted octanol–water partition coefficient (Wildman–Crippen LogP) is 3.52. The number of hydrogen-bond acceptors (Lipinski definition) is 2. The van der Waals surface area contributed by atoms with Gasteiger partial charge in [-0.3, -0.25) is 4.79 Å². The Bertz CT molecular complexity index is 451. The normalized spacial score (nSPS) is 24.9. The molecule has 0 bridgehead atoms. The zero-order chi connectivity index (χ0) is 11.7. The van der Waals surface area contributed by atoms with E-state index < -0.39 is 0 Å². The molecule has 2 rings (SSSR count). The first-order valence-corrected chi connectivity index (χ1v) is 5.59. The van der Waals surface area contributed by atoms with Gasteiger partial charge in [-0.2, -0.15) is 0 Å². The van der Waals surface area contributed by atoms with Gasteiger partial charge in [-0.15, -0.1) is 0 Å². The van der Waals surface area contributed by atoms with Crippen molar-refractivity contribution >= 4 is 17.4 Å². The van der Waals surface area contributed by atoms with Gasteiger partial charge in [0.25, 0.3) is 0 Å². The van der Waals surface area contributed by atoms with E-state index in [1.54, 1.807) is 6.92 Å². The molecule has 3 heteroatoms. The molecule has 0 aromatic heterocycles. The lowest BCUT2D eigenvalue weighted by molar-refractivity contribution is -0.124. The summed E-state index contributed by atoms with van der Waals surface area (Å²) >= 11 is 5.92. The molecule has 16 heavy (non-hydrogen) atoms. The van der Waals surface area contributed by atoms with Gasteiger partial charge in [-0.1, -0.05) is 30.7 Å². The highest BCUT2D eigenvalue weighted by Gasteiger charge is 2.30. The number of allylic oxidation sites excluding steroid dienone is 1. The average molecular weight is 237 g/mol. The van der Waals surface area contributed by atoms with Crippen LogP contribution in [0.1, 0.15) is 25.5 Å². The molecule has 2 atom stereocenters. The first-order valence-electron chi connectivity index (χ1n) is 5.21. The molecule has 1 aliphatic rings. The van der Waals surface area contributed by atoms with E-state index in [4.69, 9.17) is 16.3 Å². The fourth-order valence-corrected chi connectivity index (χ4v) is 2.10. The summed E-state index contributed by atoms with van der Waals surface area (Å²) in [5.41, 5.74) is 1.61. The smallest absolute Gasteiger partial charge is 0.168 e. The Morgan fingerprint density at radius 1 is 1.38 bits per heavy atom. The molecule has 2 unspecified atom stereocenters. The van der Waals surface area contributed by atoms with Crippen molar-refractivity contribution < 1.29 is 9.53 Å². The second kappa shape index (κ2) is 4.30. The molecule has 0 N–H and O–H groups in total. The monoisotopic (exact) mass is 236 g/mol. The highest BCUT2D eigenvalue weighted by Crippen LogP contribution is 2.33. The summed E-state index contributed by atoms with van der Waals surface area (Å²) in [5, 5.41) is 0.659. The third kappa shape index (κ3) is 1.98. The van der Waals surface area contributed by atoms with Gasteiger partial charge in [0, 0.05) is 10.6 Å². The van der Waals surface area contributed by atoms with Gasteiger partial charge >= 0.3 is 0 Å². The van der Waals surface area contributed by atoms with Gasteiger partial charge in [0.2, 0.25) is 0 Å². The van der Waals surface area contributed by atoms with E-state index >= 15 is 0 Å². The first kappa shape index (κ1) is 11.2. The number of carbonyl (C=O) groups is 1. The lowest BCUT2D eigenvalue weighted by atomic mass is 9.89. The van der Waals surface area contributed by atoms with E-state index in [1.165, 1.54) is 6.26 Å². The largest absolute Gasteiger partial charge is 0.492 e. The minimum atomic E-state index is -0.227. The maximum Gasteiger partial charge on any atom is 0.168 e. The SMILES string of the molecule is CC1=COC(c2cccc(Cl)c2)C(C)C1=O. The molecule has 1 heterocycles. The van der Waals surface area contributed by atoms with Gasteiger partial charge in [-0.25, -0.2) is 0 Å². The van der Waals surface area contributed by atoms with E-state index in [0.29, 0.717) is 10.6 Å². The van der Waals surface area contributed by atoms with E-state index in [-0.39, 0.29) is 17.8 Å². The maximum atomic E-state index is 11.8. The van der Waals surface area contributed by atoms with Crippen LogP contribution >= 0.6 is 11.6 Å². The zero-order valence-corrected chi connectivity index (χ0v) is 9.99. The standard InChI is InChI=1S/C13H13ClO2/c1-8-7-16-13(9(2)12(8)15)10-4-3-5-11(14)6-10/h3-7,9,13H,1-2H3. The van der Waals surface area contributed by atoms with Crippen LogP contribution in [-0.2, 0) is 9.53 Å². The molecule has 1 aromatic rings. The molecule has 0 fully saturated rings. The summed E-state index contributed by atoms with van der Waals surface area (Å²) in [4.78, 5) is 11.8. The third-order valence-corrected chi connectivity index (χ3v) is 3.06. The zero-order valence-electron chi connectivity index (χ0n) is 9.24. The molecule has 1 aromatic carbocycles. The third-order valence-electron chi connectivity index (χ3n) is 2.82. The Kier molecular flexibility index (Phi) is 3.01. The van der Waals surface area contributed by atoms with Crippen LogP contribution in [0.25, 0.3) is 0 Å². The van der Waals surface area contributed by atoms with Crippen LogP contribution in [-0.4, -0.2) is 5.78 Å². The van der Waals surface area contributed by atoms with Crippen molar-refractivity contribution in [2.75, 3.05) is 0 Å². The summed E-state index contributed by atoms with van der Waals surface area (Å²) < 4.78 is 5.57. The van der Waals surface area contributed by atoms with E-state index in [9.17, 15) is 4.79 Å². The molecular weight excluding hydrogens is 224 g/mol. The van der Waals surface area contributed by atoms with Crippen molar-refractivity contribution in [3.05, 3.63) is 46.7 Å². The van der Waals surface area contributed by atoms with Crippen molar-refractivity contribution in [2.45, 2.75) is 20.0 Å². The van der Waals surface area contributed by atoms with Crippen LogP contribution in [0, 0.1) is 5.92 Å². The number of ether oxygens (including phenoxy) is 1. The second-order valence-electron chi connectivity index (χ2n) is 4.07. The summed E-state index contributed by atoms with van der Waals surface area (Å²) in [6, 6.07) is 7.43. The van der Waals surface area contributed by atoms with Crippen molar-refractivity contribution in [1.82, 2.24) is 0 Å². The number of hydrogen-bond donors (Lipinski definition) is 0. The van der Waals surface area contributed by atoms with E-state index in [0.717, 1.165) is 5.56 Å². The molecule has 2 nitrogen and oxygen atoms in total. The van der Waals surface area contributed by atoms with Gasteiger partial charge < -0.3 is 4.74 Å². The van der Waals surface area contributed by atoms with Crippen molar-refractivity contribution in [1.29, 1.82) is 0 Å². The Morgan fingerprint density at radius 2 is 2.12 bits per heavy atom. The van der Waals surface area contributed by atoms with Crippen LogP contribution in [0.5, 0.6) is 0 Å². The Morgan fingerprint density at radius 3 is 2.81 bits per heavy atom. The number of Topliss-reactive ketones (excluding diaryl/α,β-unsaturated/α-hetero) is 1. The summed E-state index contributed by atoms with van der Waals surface area (Å²) in [6.45, 7) is 3.65. The Labute approximate surface area is 99.9 Å². The Balaban J connectivity index is 2.33. The highest BCUT2D eigenvalue weighted by molar-refractivity contribution is 6.30. The molecule has 1 aliphatic heterocycles. The molecule has 0 amide bonds. The molecule has 84 valence electrons. The van der Waals surface area contributed by atoms with E-state index in [1.807, 2.05) is 31.2 Å².